The van der Waals surface area contributed by atoms with Gasteiger partial charge in [0.05, 0.1) is 5.92 Å². The molecule has 2 atom stereocenters. The molecule has 0 aromatic heterocycles. The number of hydrogen-bond acceptors (Lipinski definition) is 3. The number of likely N-dealkylation sites (tertiary alicyclic amines) is 1. The molecule has 0 radical (unpaired) electrons. The molecule has 1 saturated heterocycles. The fourth-order valence-corrected chi connectivity index (χ4v) is 3.15. The first-order chi connectivity index (χ1) is 14.3. The van der Waals surface area contributed by atoms with Gasteiger partial charge >= 0.3 is 12.1 Å². The van der Waals surface area contributed by atoms with Gasteiger partial charge in [0.15, 0.2) is 0 Å². The van der Waals surface area contributed by atoms with Gasteiger partial charge in [-0.3, -0.25) is 4.79 Å². The Morgan fingerprint density at radius 2 is 1.70 bits per heavy atom. The lowest BCUT2D eigenvalue weighted by atomic mass is 9.97. The van der Waals surface area contributed by atoms with Crippen LogP contribution >= 0.6 is 0 Å². The van der Waals surface area contributed by atoms with E-state index in [1.54, 1.807) is 29.2 Å². The lowest BCUT2D eigenvalue weighted by molar-refractivity contribution is -0.126. The zero-order chi connectivity index (χ0) is 22.1. The van der Waals surface area contributed by atoms with Crippen LogP contribution < -0.4 is 21.3 Å². The summed E-state index contributed by atoms with van der Waals surface area (Å²) in [4.78, 5) is 38.5. The molecule has 8 nitrogen and oxygen atoms in total. The third-order valence-corrected chi connectivity index (χ3v) is 5.15. The van der Waals surface area contributed by atoms with E-state index in [4.69, 9.17) is 0 Å². The normalized spacial score (nSPS) is 17.2. The minimum Gasteiger partial charge on any atom is -0.353 e. The number of nitrogens with one attached hydrogen (secondary N) is 4. The first-order valence-electron chi connectivity index (χ1n) is 10.8. The van der Waals surface area contributed by atoms with E-state index >= 15 is 0 Å². The lowest BCUT2D eigenvalue weighted by Crippen LogP contribution is -2.48. The molecule has 166 valence electrons. The van der Waals surface area contributed by atoms with Gasteiger partial charge in [-0.25, -0.2) is 9.59 Å². The van der Waals surface area contributed by atoms with Gasteiger partial charge in [-0.15, -0.1) is 0 Å². The van der Waals surface area contributed by atoms with Gasteiger partial charge in [0.2, 0.25) is 5.91 Å². The Bertz CT molecular complexity index is 720. The van der Waals surface area contributed by atoms with Crippen molar-refractivity contribution < 1.29 is 14.4 Å². The molecule has 1 fully saturated rings. The third kappa shape index (κ3) is 7.57. The van der Waals surface area contributed by atoms with Gasteiger partial charge in [0, 0.05) is 37.1 Å². The minimum absolute atomic E-state index is 0.0213. The Kier molecular flexibility index (Phi) is 8.95. The third-order valence-electron chi connectivity index (χ3n) is 5.15. The van der Waals surface area contributed by atoms with Crippen LogP contribution in [0.2, 0.25) is 0 Å². The average Bonchev–Trinajstić information content (AvgIpc) is 2.73. The smallest absolute Gasteiger partial charge is 0.321 e. The van der Waals surface area contributed by atoms with E-state index in [9.17, 15) is 14.4 Å². The van der Waals surface area contributed by atoms with Crippen molar-refractivity contribution in [3.8, 4) is 0 Å². The maximum atomic E-state index is 12.6. The lowest BCUT2D eigenvalue weighted by Gasteiger charge is -2.32. The topological polar surface area (TPSA) is 103 Å². The summed E-state index contributed by atoms with van der Waals surface area (Å²) < 4.78 is 0. The van der Waals surface area contributed by atoms with Crippen LogP contribution in [0.3, 0.4) is 0 Å². The monoisotopic (exact) mass is 417 g/mol. The zero-order valence-electron chi connectivity index (χ0n) is 18.5. The predicted octanol–water partition coefficient (Wildman–Crippen LogP) is 3.62. The summed E-state index contributed by atoms with van der Waals surface area (Å²) in [7, 11) is 0. The quantitative estimate of drug-likeness (QED) is 0.545. The van der Waals surface area contributed by atoms with Crippen molar-refractivity contribution in [1.82, 2.24) is 15.5 Å². The Morgan fingerprint density at radius 1 is 1.07 bits per heavy atom. The molecule has 2 rings (SSSR count). The molecule has 1 aliphatic rings. The molecular formula is C22H35N5O3. The number of hydrogen-bond donors (Lipinski definition) is 4. The van der Waals surface area contributed by atoms with Gasteiger partial charge in [-0.1, -0.05) is 20.8 Å². The van der Waals surface area contributed by atoms with Crippen molar-refractivity contribution >= 4 is 29.3 Å². The van der Waals surface area contributed by atoms with Crippen LogP contribution in [0.4, 0.5) is 21.0 Å². The number of carbonyl (C=O) groups excluding carboxylic acids is 3. The maximum Gasteiger partial charge on any atom is 0.321 e. The van der Waals surface area contributed by atoms with Crippen molar-refractivity contribution in [2.75, 3.05) is 30.3 Å². The summed E-state index contributed by atoms with van der Waals surface area (Å²) in [6.45, 7) is 9.73. The highest BCUT2D eigenvalue weighted by molar-refractivity contribution is 5.92. The van der Waals surface area contributed by atoms with E-state index in [0.29, 0.717) is 36.9 Å². The summed E-state index contributed by atoms with van der Waals surface area (Å²) in [6.07, 6.45) is 2.48. The van der Waals surface area contributed by atoms with Crippen molar-refractivity contribution in [2.45, 2.75) is 53.0 Å². The number of carbonyl (C=O) groups is 3. The molecule has 1 aromatic rings. The van der Waals surface area contributed by atoms with Crippen molar-refractivity contribution in [3.05, 3.63) is 24.3 Å². The molecule has 5 amide bonds. The summed E-state index contributed by atoms with van der Waals surface area (Å²) >= 11 is 0. The van der Waals surface area contributed by atoms with Crippen LogP contribution in [0.25, 0.3) is 0 Å². The van der Waals surface area contributed by atoms with Crippen LogP contribution in [0.1, 0.15) is 47.0 Å². The van der Waals surface area contributed by atoms with Gasteiger partial charge in [0.25, 0.3) is 0 Å². The van der Waals surface area contributed by atoms with E-state index < -0.39 is 0 Å². The molecule has 0 aliphatic carbocycles. The molecule has 4 N–H and O–H groups in total. The van der Waals surface area contributed by atoms with Gasteiger partial charge < -0.3 is 26.2 Å². The minimum atomic E-state index is -0.254. The van der Waals surface area contributed by atoms with E-state index in [-0.39, 0.29) is 29.9 Å². The second-order valence-corrected chi connectivity index (χ2v) is 8.34. The number of amides is 5. The van der Waals surface area contributed by atoms with Crippen molar-refractivity contribution in [2.24, 2.45) is 11.8 Å². The fraction of sp³-hybridized carbons (Fsp3) is 0.591. The SMILES string of the molecule is CC[C@@H](C)NC(=O)[C@@H]1CCCN(C(=O)Nc2ccc(NC(=O)NCC(C)C)cc2)C1. The zero-order valence-corrected chi connectivity index (χ0v) is 18.5. The number of rotatable bonds is 7. The Hall–Kier alpha value is -2.77. The summed E-state index contributed by atoms with van der Waals surface area (Å²) in [5, 5.41) is 11.4. The van der Waals surface area contributed by atoms with Gasteiger partial charge in [-0.05, 0) is 56.4 Å². The number of nitrogens with zero attached hydrogens (tertiary/aromatic N) is 1. The molecule has 1 aliphatic heterocycles. The summed E-state index contributed by atoms with van der Waals surface area (Å²) in [5.41, 5.74) is 1.29. The van der Waals surface area contributed by atoms with Crippen molar-refractivity contribution in [1.29, 1.82) is 0 Å². The number of benzene rings is 1. The Morgan fingerprint density at radius 3 is 2.30 bits per heavy atom. The average molecular weight is 418 g/mol. The van der Waals surface area contributed by atoms with E-state index in [1.165, 1.54) is 0 Å². The Labute approximate surface area is 179 Å². The molecule has 30 heavy (non-hydrogen) atoms. The largest absolute Gasteiger partial charge is 0.353 e. The standard InChI is InChI=1S/C22H35N5O3/c1-5-16(4)24-20(28)17-7-6-12-27(14-17)22(30)26-19-10-8-18(9-11-19)25-21(29)23-13-15(2)3/h8-11,15-17H,5-7,12-14H2,1-4H3,(H,24,28)(H,26,30)(H2,23,25,29)/t16-,17-/m1/s1. The second kappa shape index (κ2) is 11.4. The van der Waals surface area contributed by atoms with E-state index in [2.05, 4.69) is 21.3 Å². The van der Waals surface area contributed by atoms with Crippen molar-refractivity contribution in [3.63, 3.8) is 0 Å². The molecule has 8 heteroatoms. The maximum absolute atomic E-state index is 12.6. The van der Waals surface area contributed by atoms with Crippen LogP contribution in [-0.4, -0.2) is 48.5 Å². The molecule has 0 saturated carbocycles. The van der Waals surface area contributed by atoms with Crippen LogP contribution in [-0.2, 0) is 4.79 Å². The Balaban J connectivity index is 1.85. The van der Waals surface area contributed by atoms with E-state index in [1.807, 2.05) is 27.7 Å². The van der Waals surface area contributed by atoms with E-state index in [0.717, 1.165) is 19.3 Å². The fourth-order valence-electron chi connectivity index (χ4n) is 3.15. The molecule has 1 aromatic carbocycles. The molecule has 1 heterocycles. The second-order valence-electron chi connectivity index (χ2n) is 8.34. The summed E-state index contributed by atoms with van der Waals surface area (Å²) in [6, 6.07) is 6.63. The summed E-state index contributed by atoms with van der Waals surface area (Å²) in [5.74, 6) is 0.228. The highest BCUT2D eigenvalue weighted by Crippen LogP contribution is 2.19. The van der Waals surface area contributed by atoms with Crippen LogP contribution in [0, 0.1) is 11.8 Å². The molecule has 0 bridgehead atoms. The molecule has 0 unspecified atom stereocenters. The van der Waals surface area contributed by atoms with Crippen LogP contribution in [0.5, 0.6) is 0 Å². The first-order valence-corrected chi connectivity index (χ1v) is 10.8. The number of piperidine rings is 1. The predicted molar refractivity (Wildman–Crippen MR) is 120 cm³/mol. The highest BCUT2D eigenvalue weighted by atomic mass is 16.2. The van der Waals surface area contributed by atoms with Crippen LogP contribution in [0.15, 0.2) is 24.3 Å². The number of urea groups is 2. The van der Waals surface area contributed by atoms with Gasteiger partial charge in [0.1, 0.15) is 0 Å². The number of anilines is 2. The molecular weight excluding hydrogens is 382 g/mol. The highest BCUT2D eigenvalue weighted by Gasteiger charge is 2.28. The first kappa shape index (κ1) is 23.5. The molecule has 0 spiro atoms. The van der Waals surface area contributed by atoms with Gasteiger partial charge in [-0.2, -0.15) is 0 Å².